The number of imide groups is 2. The summed E-state index contributed by atoms with van der Waals surface area (Å²) >= 11 is 0. The fourth-order valence-electron chi connectivity index (χ4n) is 3.79. The zero-order valence-corrected chi connectivity index (χ0v) is 20.5. The topological polar surface area (TPSA) is 183 Å². The van der Waals surface area contributed by atoms with Crippen LogP contribution in [0.1, 0.15) is 41.5 Å². The van der Waals surface area contributed by atoms with Gasteiger partial charge in [0.05, 0.1) is 17.7 Å². The highest BCUT2D eigenvalue weighted by molar-refractivity contribution is 6.23. The summed E-state index contributed by atoms with van der Waals surface area (Å²) in [6.07, 6.45) is -0.757. The Hall–Kier alpha value is -4.49. The van der Waals surface area contributed by atoms with Crippen molar-refractivity contribution in [2.75, 3.05) is 32.7 Å². The van der Waals surface area contributed by atoms with Gasteiger partial charge in [0.1, 0.15) is 24.7 Å². The lowest BCUT2D eigenvalue weighted by molar-refractivity contribution is -0.144. The highest BCUT2D eigenvalue weighted by Crippen LogP contribution is 2.26. The second kappa shape index (κ2) is 10.6. The fraction of sp³-hybridized carbons (Fsp3) is 0.435. The van der Waals surface area contributed by atoms with E-state index in [2.05, 4.69) is 5.32 Å². The Bertz CT molecular complexity index is 1120. The van der Waals surface area contributed by atoms with Crippen molar-refractivity contribution >= 4 is 41.7 Å². The summed E-state index contributed by atoms with van der Waals surface area (Å²) in [4.78, 5) is 89.0. The van der Waals surface area contributed by atoms with Gasteiger partial charge in [0.15, 0.2) is 0 Å². The van der Waals surface area contributed by atoms with E-state index in [-0.39, 0.29) is 24.2 Å². The van der Waals surface area contributed by atoms with E-state index >= 15 is 0 Å². The molecule has 14 nitrogen and oxygen atoms in total. The van der Waals surface area contributed by atoms with Gasteiger partial charge in [-0.15, -0.1) is 0 Å². The Morgan fingerprint density at radius 1 is 1.11 bits per heavy atom. The van der Waals surface area contributed by atoms with Gasteiger partial charge in [0.25, 0.3) is 17.7 Å². The van der Waals surface area contributed by atoms with Crippen LogP contribution in [0.3, 0.4) is 0 Å². The zero-order chi connectivity index (χ0) is 27.5. The third kappa shape index (κ3) is 6.39. The van der Waals surface area contributed by atoms with Crippen molar-refractivity contribution in [2.24, 2.45) is 0 Å². The first kappa shape index (κ1) is 27.1. The molecule has 0 bridgehead atoms. The SMILES string of the molecule is CC(C)(C)OC(=O)NCCN(CC(=O)O)C(=O)CN1CC(N2C(=O)c3ccccc3C2=O)C(=O)NC1=O. The fourth-order valence-corrected chi connectivity index (χ4v) is 3.79. The number of fused-ring (bicyclic) bond motifs is 1. The number of aliphatic carboxylic acids is 1. The molecule has 2 aliphatic rings. The normalized spacial score (nSPS) is 17.3. The van der Waals surface area contributed by atoms with Crippen molar-refractivity contribution in [2.45, 2.75) is 32.4 Å². The maximum absolute atomic E-state index is 12.9. The Morgan fingerprint density at radius 3 is 2.24 bits per heavy atom. The average molecular weight is 517 g/mol. The molecular weight excluding hydrogens is 490 g/mol. The number of carboxylic acid groups (broad SMARTS) is 1. The number of benzene rings is 1. The number of urea groups is 1. The molecule has 1 saturated heterocycles. The molecule has 198 valence electrons. The van der Waals surface area contributed by atoms with Crippen LogP contribution in [0, 0.1) is 0 Å². The van der Waals surface area contributed by atoms with Crippen LogP contribution in [0.15, 0.2) is 24.3 Å². The minimum atomic E-state index is -1.39. The van der Waals surface area contributed by atoms with Crippen LogP contribution in [-0.2, 0) is 19.1 Å². The van der Waals surface area contributed by atoms with E-state index in [0.29, 0.717) is 0 Å². The Morgan fingerprint density at radius 2 is 1.70 bits per heavy atom. The first-order chi connectivity index (χ1) is 17.3. The second-order valence-corrected chi connectivity index (χ2v) is 9.35. The number of ether oxygens (including phenoxy) is 1. The molecule has 37 heavy (non-hydrogen) atoms. The van der Waals surface area contributed by atoms with Crippen LogP contribution in [-0.4, -0.2) is 106 Å². The van der Waals surface area contributed by atoms with Crippen LogP contribution in [0.2, 0.25) is 0 Å². The van der Waals surface area contributed by atoms with Gasteiger partial charge in [0.2, 0.25) is 5.91 Å². The number of hydrogen-bond acceptors (Lipinski definition) is 8. The molecule has 7 amide bonds. The Kier molecular flexibility index (Phi) is 7.79. The highest BCUT2D eigenvalue weighted by atomic mass is 16.6. The van der Waals surface area contributed by atoms with E-state index in [1.807, 2.05) is 5.32 Å². The van der Waals surface area contributed by atoms with E-state index in [4.69, 9.17) is 4.74 Å². The zero-order valence-electron chi connectivity index (χ0n) is 20.5. The smallest absolute Gasteiger partial charge is 0.407 e. The standard InChI is InChI=1S/C23H27N5O9/c1-23(2,3)37-22(36)24-8-9-26(12-17(30)31)16(29)11-27-10-15(18(32)25-21(27)35)28-19(33)13-6-4-5-7-14(13)20(28)34/h4-7,15H,8-12H2,1-3H3,(H,24,36)(H,30,31)(H,25,32,35). The summed E-state index contributed by atoms with van der Waals surface area (Å²) in [6.45, 7) is 2.84. The third-order valence-corrected chi connectivity index (χ3v) is 5.41. The van der Waals surface area contributed by atoms with Gasteiger partial charge < -0.3 is 25.0 Å². The monoisotopic (exact) mass is 517 g/mol. The molecule has 0 aliphatic carbocycles. The van der Waals surface area contributed by atoms with Gasteiger partial charge in [-0.25, -0.2) is 9.59 Å². The Balaban J connectivity index is 1.67. The molecule has 2 aliphatic heterocycles. The number of alkyl carbamates (subject to hydrolysis) is 1. The van der Waals surface area contributed by atoms with Gasteiger partial charge in [-0.3, -0.25) is 34.2 Å². The number of hydrogen-bond donors (Lipinski definition) is 3. The molecule has 1 aromatic rings. The summed E-state index contributed by atoms with van der Waals surface area (Å²) in [5, 5.41) is 13.6. The maximum atomic E-state index is 12.9. The molecule has 14 heteroatoms. The van der Waals surface area contributed by atoms with Gasteiger partial charge >= 0.3 is 18.1 Å². The molecule has 0 aromatic heterocycles. The summed E-state index contributed by atoms with van der Waals surface area (Å²) in [6, 6.07) is 3.69. The predicted octanol–water partition coefficient (Wildman–Crippen LogP) is -0.359. The molecule has 1 unspecified atom stereocenters. The quantitative estimate of drug-likeness (QED) is 0.388. The lowest BCUT2D eigenvalue weighted by Crippen LogP contribution is -2.64. The molecule has 0 radical (unpaired) electrons. The van der Waals surface area contributed by atoms with Crippen molar-refractivity contribution in [1.82, 2.24) is 25.3 Å². The molecule has 1 aromatic carbocycles. The van der Waals surface area contributed by atoms with Crippen LogP contribution < -0.4 is 10.6 Å². The van der Waals surface area contributed by atoms with Gasteiger partial charge in [-0.2, -0.15) is 0 Å². The summed E-state index contributed by atoms with van der Waals surface area (Å²) in [5.74, 6) is -4.41. The first-order valence-electron chi connectivity index (χ1n) is 11.3. The number of amides is 7. The molecule has 1 fully saturated rings. The molecule has 1 atom stereocenters. The third-order valence-electron chi connectivity index (χ3n) is 5.41. The minimum Gasteiger partial charge on any atom is -0.480 e. The molecule has 0 spiro atoms. The van der Waals surface area contributed by atoms with Crippen LogP contribution in [0.4, 0.5) is 9.59 Å². The van der Waals surface area contributed by atoms with E-state index in [0.717, 1.165) is 14.7 Å². The number of nitrogens with one attached hydrogen (secondary N) is 2. The van der Waals surface area contributed by atoms with E-state index in [1.165, 1.54) is 12.1 Å². The van der Waals surface area contributed by atoms with Crippen molar-refractivity contribution in [1.29, 1.82) is 0 Å². The molecular formula is C23H27N5O9. The van der Waals surface area contributed by atoms with Gasteiger partial charge in [-0.1, -0.05) is 12.1 Å². The van der Waals surface area contributed by atoms with E-state index in [9.17, 15) is 38.7 Å². The average Bonchev–Trinajstić information content (AvgIpc) is 3.04. The summed E-state index contributed by atoms with van der Waals surface area (Å²) in [7, 11) is 0. The minimum absolute atomic E-state index is 0.116. The van der Waals surface area contributed by atoms with E-state index in [1.54, 1.807) is 32.9 Å². The van der Waals surface area contributed by atoms with Crippen molar-refractivity contribution in [3.05, 3.63) is 35.4 Å². The first-order valence-corrected chi connectivity index (χ1v) is 11.3. The molecule has 0 saturated carbocycles. The van der Waals surface area contributed by atoms with Gasteiger partial charge in [0, 0.05) is 13.1 Å². The number of carbonyl (C=O) groups is 7. The van der Waals surface area contributed by atoms with E-state index < -0.39 is 73.0 Å². The van der Waals surface area contributed by atoms with Crippen LogP contribution in [0.5, 0.6) is 0 Å². The van der Waals surface area contributed by atoms with Gasteiger partial charge in [-0.05, 0) is 32.9 Å². The summed E-state index contributed by atoms with van der Waals surface area (Å²) < 4.78 is 5.09. The van der Waals surface area contributed by atoms with Crippen LogP contribution in [0.25, 0.3) is 0 Å². The number of carbonyl (C=O) groups excluding carboxylic acids is 6. The largest absolute Gasteiger partial charge is 0.480 e. The van der Waals surface area contributed by atoms with Crippen molar-refractivity contribution < 1.29 is 43.4 Å². The lowest BCUT2D eigenvalue weighted by Gasteiger charge is -2.36. The number of carboxylic acids is 1. The van der Waals surface area contributed by atoms with Crippen molar-refractivity contribution in [3.8, 4) is 0 Å². The Labute approximate surface area is 211 Å². The summed E-state index contributed by atoms with van der Waals surface area (Å²) in [5.41, 5.74) is -0.523. The lowest BCUT2D eigenvalue weighted by atomic mass is 10.1. The van der Waals surface area contributed by atoms with Crippen LogP contribution >= 0.6 is 0 Å². The maximum Gasteiger partial charge on any atom is 0.407 e. The molecule has 3 N–H and O–H groups in total. The number of nitrogens with zero attached hydrogens (tertiary/aromatic N) is 3. The molecule has 3 rings (SSSR count). The molecule has 2 heterocycles. The second-order valence-electron chi connectivity index (χ2n) is 9.35. The number of rotatable bonds is 8. The van der Waals surface area contributed by atoms with Crippen molar-refractivity contribution in [3.63, 3.8) is 0 Å². The predicted molar refractivity (Wildman–Crippen MR) is 124 cm³/mol. The highest BCUT2D eigenvalue weighted by Gasteiger charge is 2.46.